The standard InChI is InChI=1S/C16H11BrFNO2/c17-13-7-10(18)5-6-15(13)21-16-8-11(9-20)19-14-4-2-1-3-12(14)16/h1-8,20H,9H2. The van der Waals surface area contributed by atoms with Gasteiger partial charge in [-0.3, -0.25) is 4.98 Å². The number of para-hydroxylation sites is 1. The number of halogens is 2. The van der Waals surface area contributed by atoms with E-state index in [1.807, 2.05) is 24.3 Å². The van der Waals surface area contributed by atoms with Crippen LogP contribution in [0.5, 0.6) is 11.5 Å². The molecule has 5 heteroatoms. The summed E-state index contributed by atoms with van der Waals surface area (Å²) in [5.41, 5.74) is 1.25. The minimum absolute atomic E-state index is 0.175. The average molecular weight is 348 g/mol. The number of fused-ring (bicyclic) bond motifs is 1. The molecule has 0 amide bonds. The molecule has 1 heterocycles. The predicted octanol–water partition coefficient (Wildman–Crippen LogP) is 4.42. The van der Waals surface area contributed by atoms with E-state index in [4.69, 9.17) is 4.74 Å². The number of aliphatic hydroxyl groups is 1. The summed E-state index contributed by atoms with van der Waals surface area (Å²) < 4.78 is 19.5. The van der Waals surface area contributed by atoms with E-state index in [0.29, 0.717) is 21.7 Å². The van der Waals surface area contributed by atoms with E-state index in [0.717, 1.165) is 10.9 Å². The van der Waals surface area contributed by atoms with Crippen molar-refractivity contribution < 1.29 is 14.2 Å². The third kappa shape index (κ3) is 2.89. The van der Waals surface area contributed by atoms with Crippen LogP contribution in [-0.2, 0) is 6.61 Å². The lowest BCUT2D eigenvalue weighted by molar-refractivity contribution is 0.276. The number of pyridine rings is 1. The molecule has 0 unspecified atom stereocenters. The molecule has 0 fully saturated rings. The lowest BCUT2D eigenvalue weighted by Gasteiger charge is -2.11. The van der Waals surface area contributed by atoms with Crippen molar-refractivity contribution in [1.29, 1.82) is 0 Å². The molecule has 2 aromatic carbocycles. The number of nitrogens with zero attached hydrogens (tertiary/aromatic N) is 1. The van der Waals surface area contributed by atoms with Crippen LogP contribution in [0, 0.1) is 5.82 Å². The van der Waals surface area contributed by atoms with Crippen LogP contribution in [0.15, 0.2) is 53.0 Å². The Balaban J connectivity index is 2.10. The van der Waals surface area contributed by atoms with Crippen molar-refractivity contribution in [3.63, 3.8) is 0 Å². The predicted molar refractivity (Wildman–Crippen MR) is 81.8 cm³/mol. The molecular formula is C16H11BrFNO2. The highest BCUT2D eigenvalue weighted by molar-refractivity contribution is 9.10. The molecule has 1 aromatic heterocycles. The smallest absolute Gasteiger partial charge is 0.141 e. The van der Waals surface area contributed by atoms with E-state index in [9.17, 15) is 9.50 Å². The van der Waals surface area contributed by atoms with Gasteiger partial charge in [0.25, 0.3) is 0 Å². The SMILES string of the molecule is OCc1cc(Oc2ccc(F)cc2Br)c2ccccc2n1. The summed E-state index contributed by atoms with van der Waals surface area (Å²) in [5, 5.41) is 10.1. The van der Waals surface area contributed by atoms with Gasteiger partial charge in [0.05, 0.1) is 22.3 Å². The van der Waals surface area contributed by atoms with Gasteiger partial charge in [0.1, 0.15) is 17.3 Å². The molecule has 21 heavy (non-hydrogen) atoms. The Morgan fingerprint density at radius 1 is 1.10 bits per heavy atom. The number of ether oxygens (including phenoxy) is 1. The molecule has 0 aliphatic heterocycles. The monoisotopic (exact) mass is 347 g/mol. The van der Waals surface area contributed by atoms with Crippen LogP contribution in [0.1, 0.15) is 5.69 Å². The largest absolute Gasteiger partial charge is 0.455 e. The van der Waals surface area contributed by atoms with E-state index in [1.54, 1.807) is 12.1 Å². The third-order valence-corrected chi connectivity index (χ3v) is 3.63. The number of aromatic nitrogens is 1. The van der Waals surface area contributed by atoms with Gasteiger partial charge in [-0.25, -0.2) is 4.39 Å². The second kappa shape index (κ2) is 5.79. The summed E-state index contributed by atoms with van der Waals surface area (Å²) in [6, 6.07) is 13.4. The second-order valence-corrected chi connectivity index (χ2v) is 5.32. The van der Waals surface area contributed by atoms with Crippen LogP contribution in [0.2, 0.25) is 0 Å². The topological polar surface area (TPSA) is 42.4 Å². The Labute approximate surface area is 129 Å². The summed E-state index contributed by atoms with van der Waals surface area (Å²) in [5.74, 6) is 0.721. The van der Waals surface area contributed by atoms with Crippen LogP contribution in [0.25, 0.3) is 10.9 Å². The van der Waals surface area contributed by atoms with Crippen molar-refractivity contribution in [2.24, 2.45) is 0 Å². The zero-order chi connectivity index (χ0) is 14.8. The normalized spacial score (nSPS) is 10.8. The molecule has 0 radical (unpaired) electrons. The Bertz CT molecular complexity index is 807. The van der Waals surface area contributed by atoms with Gasteiger partial charge >= 0.3 is 0 Å². The van der Waals surface area contributed by atoms with Crippen LogP contribution >= 0.6 is 15.9 Å². The van der Waals surface area contributed by atoms with E-state index in [1.165, 1.54) is 12.1 Å². The maximum Gasteiger partial charge on any atom is 0.141 e. The molecular weight excluding hydrogens is 337 g/mol. The number of hydrogen-bond acceptors (Lipinski definition) is 3. The molecule has 1 N–H and O–H groups in total. The van der Waals surface area contributed by atoms with Crippen molar-refractivity contribution in [2.75, 3.05) is 0 Å². The van der Waals surface area contributed by atoms with Crippen molar-refractivity contribution in [3.8, 4) is 11.5 Å². The lowest BCUT2D eigenvalue weighted by atomic mass is 10.2. The van der Waals surface area contributed by atoms with Crippen LogP contribution in [0.4, 0.5) is 4.39 Å². The summed E-state index contributed by atoms with van der Waals surface area (Å²) in [7, 11) is 0. The lowest BCUT2D eigenvalue weighted by Crippen LogP contribution is -1.94. The summed E-state index contributed by atoms with van der Waals surface area (Å²) in [6.07, 6.45) is 0. The van der Waals surface area contributed by atoms with Gasteiger partial charge in [0, 0.05) is 11.5 Å². The molecule has 0 aliphatic rings. The van der Waals surface area contributed by atoms with Gasteiger partial charge in [-0.15, -0.1) is 0 Å². The maximum atomic E-state index is 13.1. The average Bonchev–Trinajstić information content (AvgIpc) is 2.49. The molecule has 0 atom stereocenters. The highest BCUT2D eigenvalue weighted by atomic mass is 79.9. The zero-order valence-corrected chi connectivity index (χ0v) is 12.5. The first kappa shape index (κ1) is 14.0. The van der Waals surface area contributed by atoms with Gasteiger partial charge in [-0.05, 0) is 46.3 Å². The number of hydrogen-bond donors (Lipinski definition) is 1. The first-order chi connectivity index (χ1) is 10.2. The third-order valence-electron chi connectivity index (χ3n) is 3.01. The highest BCUT2D eigenvalue weighted by Crippen LogP contribution is 2.34. The minimum Gasteiger partial charge on any atom is -0.455 e. The van der Waals surface area contributed by atoms with Gasteiger partial charge in [-0.2, -0.15) is 0 Å². The van der Waals surface area contributed by atoms with Crippen molar-refractivity contribution in [2.45, 2.75) is 6.61 Å². The first-order valence-electron chi connectivity index (χ1n) is 6.30. The zero-order valence-electron chi connectivity index (χ0n) is 10.9. The van der Waals surface area contributed by atoms with E-state index < -0.39 is 0 Å². The Morgan fingerprint density at radius 2 is 1.90 bits per heavy atom. The molecule has 0 spiro atoms. The number of benzene rings is 2. The fourth-order valence-corrected chi connectivity index (χ4v) is 2.47. The van der Waals surface area contributed by atoms with Gasteiger partial charge < -0.3 is 9.84 Å². The van der Waals surface area contributed by atoms with Crippen molar-refractivity contribution >= 4 is 26.8 Å². The van der Waals surface area contributed by atoms with Gasteiger partial charge in [-0.1, -0.05) is 12.1 Å². The molecule has 0 saturated heterocycles. The Hall–Kier alpha value is -1.98. The molecule has 0 aliphatic carbocycles. The summed E-state index contributed by atoms with van der Waals surface area (Å²) in [6.45, 7) is -0.175. The fourth-order valence-electron chi connectivity index (χ4n) is 2.04. The summed E-state index contributed by atoms with van der Waals surface area (Å²) in [4.78, 5) is 4.33. The second-order valence-electron chi connectivity index (χ2n) is 4.46. The van der Waals surface area contributed by atoms with E-state index in [-0.39, 0.29) is 12.4 Å². The molecule has 3 nitrogen and oxygen atoms in total. The van der Waals surface area contributed by atoms with Crippen LogP contribution in [0.3, 0.4) is 0 Å². The number of rotatable bonds is 3. The van der Waals surface area contributed by atoms with E-state index >= 15 is 0 Å². The fraction of sp³-hybridized carbons (Fsp3) is 0.0625. The number of aliphatic hydroxyl groups excluding tert-OH is 1. The maximum absolute atomic E-state index is 13.1. The van der Waals surface area contributed by atoms with Crippen LogP contribution in [-0.4, -0.2) is 10.1 Å². The molecule has 3 rings (SSSR count). The molecule has 3 aromatic rings. The summed E-state index contributed by atoms with van der Waals surface area (Å²) >= 11 is 3.27. The minimum atomic E-state index is -0.343. The van der Waals surface area contributed by atoms with Crippen molar-refractivity contribution in [1.82, 2.24) is 4.98 Å². The Morgan fingerprint density at radius 3 is 2.67 bits per heavy atom. The van der Waals surface area contributed by atoms with Gasteiger partial charge in [0.15, 0.2) is 0 Å². The quantitative estimate of drug-likeness (QED) is 0.762. The first-order valence-corrected chi connectivity index (χ1v) is 7.09. The molecule has 106 valence electrons. The molecule has 0 bridgehead atoms. The van der Waals surface area contributed by atoms with E-state index in [2.05, 4.69) is 20.9 Å². The van der Waals surface area contributed by atoms with Crippen LogP contribution < -0.4 is 4.74 Å². The van der Waals surface area contributed by atoms with Crippen molar-refractivity contribution in [3.05, 3.63) is 64.5 Å². The Kier molecular flexibility index (Phi) is 3.86. The van der Waals surface area contributed by atoms with Gasteiger partial charge in [0.2, 0.25) is 0 Å². The molecule has 0 saturated carbocycles. The highest BCUT2D eigenvalue weighted by Gasteiger charge is 2.10.